The number of carbonyl (C=O) groups excluding carboxylic acids is 1. The van der Waals surface area contributed by atoms with Crippen LogP contribution in [0.4, 0.5) is 11.4 Å². The minimum atomic E-state index is -0.541. The molecule has 0 heterocycles. The smallest absolute Gasteiger partial charge is 0.273 e. The van der Waals surface area contributed by atoms with Crippen LogP contribution in [0.15, 0.2) is 30.0 Å². The SMILES string of the molecule is CCCNC(=O)/C(C#N)=C\Nc1ccc([N+](=O)[O-])cc1OC. The highest BCUT2D eigenvalue weighted by atomic mass is 16.6. The molecule has 0 aliphatic rings. The van der Waals surface area contributed by atoms with E-state index in [0.717, 1.165) is 6.42 Å². The molecule has 0 aliphatic carbocycles. The zero-order valence-corrected chi connectivity index (χ0v) is 12.3. The van der Waals surface area contributed by atoms with Crippen LogP contribution in [0.25, 0.3) is 0 Å². The number of nitrogens with zero attached hydrogens (tertiary/aromatic N) is 2. The Labute approximate surface area is 127 Å². The highest BCUT2D eigenvalue weighted by Gasteiger charge is 2.12. The van der Waals surface area contributed by atoms with Crippen molar-refractivity contribution >= 4 is 17.3 Å². The predicted molar refractivity (Wildman–Crippen MR) is 80.3 cm³/mol. The normalized spacial score (nSPS) is 10.5. The average Bonchev–Trinajstić information content (AvgIpc) is 2.53. The molecule has 0 saturated heterocycles. The van der Waals surface area contributed by atoms with Crippen LogP contribution in [0.2, 0.25) is 0 Å². The van der Waals surface area contributed by atoms with Gasteiger partial charge in [0.2, 0.25) is 0 Å². The van der Waals surface area contributed by atoms with Crippen LogP contribution in [0.1, 0.15) is 13.3 Å². The molecule has 1 aromatic carbocycles. The first-order valence-electron chi connectivity index (χ1n) is 6.50. The summed E-state index contributed by atoms with van der Waals surface area (Å²) in [5.74, 6) is -0.255. The summed E-state index contributed by atoms with van der Waals surface area (Å²) >= 11 is 0. The van der Waals surface area contributed by atoms with Gasteiger partial charge in [0.1, 0.15) is 17.4 Å². The number of ether oxygens (including phenoxy) is 1. The summed E-state index contributed by atoms with van der Waals surface area (Å²) < 4.78 is 5.05. The molecular formula is C14H16N4O4. The third-order valence-corrected chi connectivity index (χ3v) is 2.67. The standard InChI is InChI=1S/C14H16N4O4/c1-3-6-16-14(19)10(8-15)9-17-12-5-4-11(18(20)21)7-13(12)22-2/h4-5,7,9,17H,3,6H2,1-2H3,(H,16,19)/b10-9-. The molecule has 116 valence electrons. The fourth-order valence-corrected chi connectivity index (χ4v) is 1.54. The van der Waals surface area contributed by atoms with Gasteiger partial charge in [0, 0.05) is 18.8 Å². The Kier molecular flexibility index (Phi) is 6.37. The van der Waals surface area contributed by atoms with E-state index in [0.29, 0.717) is 12.2 Å². The highest BCUT2D eigenvalue weighted by molar-refractivity contribution is 5.97. The summed E-state index contributed by atoms with van der Waals surface area (Å²) in [6.07, 6.45) is 1.99. The second-order valence-electron chi connectivity index (χ2n) is 4.21. The fraction of sp³-hybridized carbons (Fsp3) is 0.286. The minimum absolute atomic E-state index is 0.103. The van der Waals surface area contributed by atoms with E-state index in [1.54, 1.807) is 6.07 Å². The van der Waals surface area contributed by atoms with E-state index >= 15 is 0 Å². The first-order chi connectivity index (χ1) is 10.5. The van der Waals surface area contributed by atoms with Gasteiger partial charge in [-0.25, -0.2) is 0 Å². The first kappa shape index (κ1) is 17.0. The molecule has 0 unspecified atom stereocenters. The molecule has 22 heavy (non-hydrogen) atoms. The van der Waals surface area contributed by atoms with Crippen molar-refractivity contribution in [3.63, 3.8) is 0 Å². The Morgan fingerprint density at radius 3 is 2.82 bits per heavy atom. The molecule has 0 aromatic heterocycles. The average molecular weight is 304 g/mol. The summed E-state index contributed by atoms with van der Waals surface area (Å²) in [6, 6.07) is 5.77. The van der Waals surface area contributed by atoms with E-state index in [1.165, 1.54) is 31.5 Å². The topological polar surface area (TPSA) is 117 Å². The number of hydrogen-bond acceptors (Lipinski definition) is 6. The molecule has 0 radical (unpaired) electrons. The van der Waals surface area contributed by atoms with E-state index in [9.17, 15) is 14.9 Å². The van der Waals surface area contributed by atoms with Crippen molar-refractivity contribution in [2.45, 2.75) is 13.3 Å². The van der Waals surface area contributed by atoms with E-state index in [4.69, 9.17) is 10.00 Å². The van der Waals surface area contributed by atoms with Gasteiger partial charge < -0.3 is 15.4 Å². The zero-order valence-electron chi connectivity index (χ0n) is 12.3. The van der Waals surface area contributed by atoms with Gasteiger partial charge >= 0.3 is 0 Å². The van der Waals surface area contributed by atoms with Crippen molar-refractivity contribution < 1.29 is 14.5 Å². The monoisotopic (exact) mass is 304 g/mol. The van der Waals surface area contributed by atoms with Gasteiger partial charge in [-0.15, -0.1) is 0 Å². The number of anilines is 1. The lowest BCUT2D eigenvalue weighted by atomic mass is 10.2. The lowest BCUT2D eigenvalue weighted by Gasteiger charge is -2.08. The lowest BCUT2D eigenvalue weighted by molar-refractivity contribution is -0.384. The molecule has 0 saturated carbocycles. The summed E-state index contributed by atoms with van der Waals surface area (Å²) in [7, 11) is 1.37. The number of nitro benzene ring substituents is 1. The van der Waals surface area contributed by atoms with E-state index in [2.05, 4.69) is 10.6 Å². The van der Waals surface area contributed by atoms with Crippen molar-refractivity contribution in [3.8, 4) is 11.8 Å². The van der Waals surface area contributed by atoms with Gasteiger partial charge in [0.05, 0.1) is 23.8 Å². The number of benzene rings is 1. The van der Waals surface area contributed by atoms with Crippen molar-refractivity contribution in [1.29, 1.82) is 5.26 Å². The van der Waals surface area contributed by atoms with Crippen LogP contribution in [-0.2, 0) is 4.79 Å². The second kappa shape index (κ2) is 8.26. The molecule has 1 aromatic rings. The largest absolute Gasteiger partial charge is 0.494 e. The van der Waals surface area contributed by atoms with Crippen LogP contribution in [0.5, 0.6) is 5.75 Å². The molecule has 2 N–H and O–H groups in total. The predicted octanol–water partition coefficient (Wildman–Crippen LogP) is 1.95. The Bertz CT molecular complexity index is 634. The Hall–Kier alpha value is -3.08. The molecule has 1 rings (SSSR count). The number of rotatable bonds is 7. The van der Waals surface area contributed by atoms with Gasteiger partial charge in [-0.2, -0.15) is 5.26 Å². The third kappa shape index (κ3) is 4.49. The van der Waals surface area contributed by atoms with Crippen molar-refractivity contribution in [2.75, 3.05) is 19.0 Å². The summed E-state index contributed by atoms with van der Waals surface area (Å²) in [5, 5.41) is 25.0. The quantitative estimate of drug-likeness (QED) is 0.344. The molecule has 8 heteroatoms. The Balaban J connectivity index is 2.93. The van der Waals surface area contributed by atoms with Gasteiger partial charge in [-0.05, 0) is 12.5 Å². The molecule has 1 amide bonds. The maximum atomic E-state index is 11.7. The maximum Gasteiger partial charge on any atom is 0.273 e. The maximum absolute atomic E-state index is 11.7. The van der Waals surface area contributed by atoms with Crippen molar-refractivity contribution in [1.82, 2.24) is 5.32 Å². The van der Waals surface area contributed by atoms with Crippen LogP contribution in [0, 0.1) is 21.4 Å². The Morgan fingerprint density at radius 1 is 1.55 bits per heavy atom. The number of carbonyl (C=O) groups is 1. The fourth-order valence-electron chi connectivity index (χ4n) is 1.54. The number of amides is 1. The number of nitrogens with one attached hydrogen (secondary N) is 2. The summed E-state index contributed by atoms with van der Waals surface area (Å²) in [6.45, 7) is 2.37. The van der Waals surface area contributed by atoms with Gasteiger partial charge in [-0.3, -0.25) is 14.9 Å². The van der Waals surface area contributed by atoms with Gasteiger partial charge in [-0.1, -0.05) is 6.92 Å². The van der Waals surface area contributed by atoms with Gasteiger partial charge in [0.25, 0.3) is 11.6 Å². The minimum Gasteiger partial charge on any atom is -0.494 e. The molecule has 0 aliphatic heterocycles. The lowest BCUT2D eigenvalue weighted by Crippen LogP contribution is -2.25. The second-order valence-corrected chi connectivity index (χ2v) is 4.21. The summed E-state index contributed by atoms with van der Waals surface area (Å²) in [5.41, 5.74) is 0.186. The van der Waals surface area contributed by atoms with Gasteiger partial charge in [0.15, 0.2) is 0 Å². The number of non-ortho nitro benzene ring substituents is 1. The number of hydrogen-bond donors (Lipinski definition) is 2. The molecular weight excluding hydrogens is 288 g/mol. The van der Waals surface area contributed by atoms with Crippen molar-refractivity contribution in [3.05, 3.63) is 40.1 Å². The first-order valence-corrected chi connectivity index (χ1v) is 6.50. The van der Waals surface area contributed by atoms with Crippen LogP contribution in [0.3, 0.4) is 0 Å². The molecule has 0 fully saturated rings. The van der Waals surface area contributed by atoms with Crippen LogP contribution in [-0.4, -0.2) is 24.5 Å². The number of nitriles is 1. The Morgan fingerprint density at radius 2 is 2.27 bits per heavy atom. The number of methoxy groups -OCH3 is 1. The van der Waals surface area contributed by atoms with E-state index in [1.807, 2.05) is 6.92 Å². The molecule has 0 spiro atoms. The van der Waals surface area contributed by atoms with Crippen LogP contribution >= 0.6 is 0 Å². The summed E-state index contributed by atoms with van der Waals surface area (Å²) in [4.78, 5) is 21.9. The van der Waals surface area contributed by atoms with E-state index in [-0.39, 0.29) is 17.0 Å². The molecule has 0 bridgehead atoms. The zero-order chi connectivity index (χ0) is 16.5. The molecule has 0 atom stereocenters. The van der Waals surface area contributed by atoms with Crippen LogP contribution < -0.4 is 15.4 Å². The van der Waals surface area contributed by atoms with E-state index < -0.39 is 10.8 Å². The van der Waals surface area contributed by atoms with Crippen molar-refractivity contribution in [2.24, 2.45) is 0 Å². The third-order valence-electron chi connectivity index (χ3n) is 2.67. The molecule has 8 nitrogen and oxygen atoms in total. The highest BCUT2D eigenvalue weighted by Crippen LogP contribution is 2.29. The number of nitro groups is 1.